The van der Waals surface area contributed by atoms with E-state index in [2.05, 4.69) is 56.3 Å². The minimum absolute atomic E-state index is 0.550. The molecule has 2 aromatic carbocycles. The van der Waals surface area contributed by atoms with Gasteiger partial charge < -0.3 is 19.7 Å². The number of amidine groups is 1. The number of benzene rings is 2. The monoisotopic (exact) mass is 428 g/mol. The first-order valence-corrected chi connectivity index (χ1v) is 11.3. The second kappa shape index (κ2) is 9.30. The molecule has 0 atom stereocenters. The van der Waals surface area contributed by atoms with E-state index in [4.69, 9.17) is 4.74 Å². The Morgan fingerprint density at radius 2 is 1.69 bits per heavy atom. The molecule has 2 heterocycles. The van der Waals surface area contributed by atoms with E-state index in [0.29, 0.717) is 11.7 Å². The number of anilines is 1. The first-order chi connectivity index (χ1) is 15.8. The fourth-order valence-electron chi connectivity index (χ4n) is 4.65. The summed E-state index contributed by atoms with van der Waals surface area (Å²) >= 11 is 0. The second-order valence-electron chi connectivity index (χ2n) is 8.32. The Morgan fingerprint density at radius 3 is 2.44 bits per heavy atom. The van der Waals surface area contributed by atoms with Gasteiger partial charge in [0, 0.05) is 49.7 Å². The number of pyridine rings is 1. The predicted octanol–water partition coefficient (Wildman–Crippen LogP) is 4.71. The normalized spacial score (nSPS) is 16.6. The highest BCUT2D eigenvalue weighted by molar-refractivity contribution is 5.98. The van der Waals surface area contributed by atoms with Gasteiger partial charge in [0.25, 0.3) is 0 Å². The van der Waals surface area contributed by atoms with Gasteiger partial charge in [0.2, 0.25) is 5.88 Å². The van der Waals surface area contributed by atoms with Crippen molar-refractivity contribution in [3.05, 3.63) is 83.6 Å². The van der Waals surface area contributed by atoms with Gasteiger partial charge in [0.15, 0.2) is 5.84 Å². The Balaban J connectivity index is 1.25. The summed E-state index contributed by atoms with van der Waals surface area (Å²) in [6.45, 7) is 3.30. The molecule has 0 radical (unpaired) electrons. The third kappa shape index (κ3) is 4.26. The summed E-state index contributed by atoms with van der Waals surface area (Å²) in [6, 6.07) is 20.4. The smallest absolute Gasteiger partial charge is 0.219 e. The molecule has 2 aliphatic rings. The highest BCUT2D eigenvalue weighted by Crippen LogP contribution is 2.32. The van der Waals surface area contributed by atoms with Crippen molar-refractivity contribution in [2.75, 3.05) is 31.1 Å². The van der Waals surface area contributed by atoms with Gasteiger partial charge in [-0.2, -0.15) is 0 Å². The maximum Gasteiger partial charge on any atom is 0.219 e. The third-order valence-electron chi connectivity index (χ3n) is 6.36. The number of ether oxygens (including phenoxy) is 1. The zero-order valence-corrected chi connectivity index (χ0v) is 18.2. The van der Waals surface area contributed by atoms with Gasteiger partial charge in [-0.05, 0) is 61.1 Å². The number of fused-ring (bicyclic) bond motifs is 1. The van der Waals surface area contributed by atoms with Crippen LogP contribution in [0.5, 0.6) is 11.6 Å². The number of hydrogen-bond donors (Lipinski definition) is 1. The quantitative estimate of drug-likeness (QED) is 0.282. The number of oxime groups is 1. The van der Waals surface area contributed by atoms with Crippen molar-refractivity contribution >= 4 is 11.5 Å². The highest BCUT2D eigenvalue weighted by Gasteiger charge is 2.22. The summed E-state index contributed by atoms with van der Waals surface area (Å²) in [5, 5.41) is 13.3. The van der Waals surface area contributed by atoms with Crippen LogP contribution in [0.3, 0.4) is 0 Å². The molecule has 0 saturated carbocycles. The number of para-hydroxylation sites is 1. The van der Waals surface area contributed by atoms with E-state index in [1.165, 1.54) is 29.7 Å². The molecule has 1 saturated heterocycles. The standard InChI is InChI=1S/C26H28N4O2/c31-28-26(30-17-15-29(16-18-30)22-9-2-1-3-10-22)21-13-14-25(27-19-21)32-24-12-6-8-20-7-4-5-11-23(20)24/h1-3,6,8-10,12-14,19,31H,4-5,7,11,15-18H2/b28-26-. The van der Waals surface area contributed by atoms with Crippen LogP contribution in [0, 0.1) is 0 Å². The van der Waals surface area contributed by atoms with Crippen LogP contribution in [0.4, 0.5) is 5.69 Å². The first kappa shape index (κ1) is 20.4. The van der Waals surface area contributed by atoms with Crippen LogP contribution >= 0.6 is 0 Å². The topological polar surface area (TPSA) is 61.2 Å². The van der Waals surface area contributed by atoms with Crippen molar-refractivity contribution in [1.29, 1.82) is 0 Å². The number of hydrogen-bond acceptors (Lipinski definition) is 5. The van der Waals surface area contributed by atoms with Crippen LogP contribution in [-0.2, 0) is 12.8 Å². The first-order valence-electron chi connectivity index (χ1n) is 11.3. The number of nitrogens with zero attached hydrogens (tertiary/aromatic N) is 4. The van der Waals surface area contributed by atoms with E-state index >= 15 is 0 Å². The fourth-order valence-corrected chi connectivity index (χ4v) is 4.65. The summed E-state index contributed by atoms with van der Waals surface area (Å²) in [5.74, 6) is 2.00. The van der Waals surface area contributed by atoms with Crippen molar-refractivity contribution in [3.63, 3.8) is 0 Å². The average Bonchev–Trinajstić information content (AvgIpc) is 2.87. The average molecular weight is 429 g/mol. The van der Waals surface area contributed by atoms with Gasteiger partial charge in [-0.15, -0.1) is 0 Å². The van der Waals surface area contributed by atoms with Crippen LogP contribution in [0.1, 0.15) is 29.5 Å². The van der Waals surface area contributed by atoms with E-state index in [9.17, 15) is 5.21 Å². The Morgan fingerprint density at radius 1 is 0.875 bits per heavy atom. The lowest BCUT2D eigenvalue weighted by Crippen LogP contribution is -2.49. The van der Waals surface area contributed by atoms with Crippen LogP contribution < -0.4 is 9.64 Å². The highest BCUT2D eigenvalue weighted by atomic mass is 16.5. The van der Waals surface area contributed by atoms with Crippen LogP contribution in [0.2, 0.25) is 0 Å². The Bertz CT molecular complexity index is 1070. The molecule has 0 bridgehead atoms. The van der Waals surface area contributed by atoms with Crippen molar-refractivity contribution in [2.24, 2.45) is 5.16 Å². The van der Waals surface area contributed by atoms with Crippen LogP contribution in [-0.4, -0.2) is 47.1 Å². The maximum absolute atomic E-state index is 9.73. The molecule has 164 valence electrons. The summed E-state index contributed by atoms with van der Waals surface area (Å²) in [5.41, 5.74) is 4.69. The van der Waals surface area contributed by atoms with E-state index in [0.717, 1.165) is 50.3 Å². The lowest BCUT2D eigenvalue weighted by Gasteiger charge is -2.37. The van der Waals surface area contributed by atoms with Gasteiger partial charge in [-0.1, -0.05) is 35.5 Å². The summed E-state index contributed by atoms with van der Waals surface area (Å²) in [6.07, 6.45) is 6.34. The van der Waals surface area contributed by atoms with Crippen molar-refractivity contribution < 1.29 is 9.94 Å². The van der Waals surface area contributed by atoms with Gasteiger partial charge >= 0.3 is 0 Å². The van der Waals surface area contributed by atoms with Gasteiger partial charge in [-0.25, -0.2) is 4.98 Å². The molecule has 0 spiro atoms. The van der Waals surface area contributed by atoms with Crippen molar-refractivity contribution in [2.45, 2.75) is 25.7 Å². The Hall–Kier alpha value is -3.54. The van der Waals surface area contributed by atoms with Crippen LogP contribution in [0.15, 0.2) is 72.0 Å². The number of aryl methyl sites for hydroxylation is 1. The number of rotatable bonds is 4. The predicted molar refractivity (Wildman–Crippen MR) is 126 cm³/mol. The zero-order chi connectivity index (χ0) is 21.8. The summed E-state index contributed by atoms with van der Waals surface area (Å²) in [7, 11) is 0. The van der Waals surface area contributed by atoms with Crippen LogP contribution in [0.25, 0.3) is 0 Å². The zero-order valence-electron chi connectivity index (χ0n) is 18.2. The number of aromatic nitrogens is 1. The minimum atomic E-state index is 0.550. The fraction of sp³-hybridized carbons (Fsp3) is 0.308. The van der Waals surface area contributed by atoms with Gasteiger partial charge in [0.05, 0.1) is 0 Å². The molecule has 1 aliphatic carbocycles. The molecule has 6 nitrogen and oxygen atoms in total. The minimum Gasteiger partial charge on any atom is -0.439 e. The molecule has 32 heavy (non-hydrogen) atoms. The van der Waals surface area contributed by atoms with E-state index in [-0.39, 0.29) is 0 Å². The van der Waals surface area contributed by atoms with Crippen molar-refractivity contribution in [3.8, 4) is 11.6 Å². The second-order valence-corrected chi connectivity index (χ2v) is 8.32. The van der Waals surface area contributed by atoms with E-state index in [1.807, 2.05) is 24.3 Å². The van der Waals surface area contributed by atoms with E-state index < -0.39 is 0 Å². The largest absolute Gasteiger partial charge is 0.439 e. The molecule has 1 N–H and O–H groups in total. The van der Waals surface area contributed by atoms with Gasteiger partial charge in [-0.3, -0.25) is 0 Å². The number of piperazine rings is 1. The molecular weight excluding hydrogens is 400 g/mol. The summed E-state index contributed by atoms with van der Waals surface area (Å²) < 4.78 is 6.12. The lowest BCUT2D eigenvalue weighted by atomic mass is 9.91. The SMILES string of the molecule is O/N=C(/c1ccc(Oc2cccc3c2CCCC3)nc1)N1CCN(c2ccccc2)CC1. The van der Waals surface area contributed by atoms with E-state index in [1.54, 1.807) is 6.20 Å². The Labute approximate surface area is 188 Å². The molecule has 1 aromatic heterocycles. The molecular formula is C26H28N4O2. The molecule has 3 aromatic rings. The molecule has 6 heteroatoms. The molecule has 1 fully saturated rings. The molecule has 5 rings (SSSR count). The lowest BCUT2D eigenvalue weighted by molar-refractivity contribution is 0.296. The Kier molecular flexibility index (Phi) is 5.92. The maximum atomic E-state index is 9.73. The van der Waals surface area contributed by atoms with Gasteiger partial charge in [0.1, 0.15) is 5.75 Å². The molecule has 1 aliphatic heterocycles. The molecule has 0 unspecified atom stereocenters. The molecule has 0 amide bonds. The van der Waals surface area contributed by atoms with Crippen molar-refractivity contribution in [1.82, 2.24) is 9.88 Å². The third-order valence-corrected chi connectivity index (χ3v) is 6.36. The summed E-state index contributed by atoms with van der Waals surface area (Å²) in [4.78, 5) is 8.95.